The molecule has 0 amide bonds. The largest absolute Gasteiger partial charge is 0.459 e. The maximum absolute atomic E-state index is 12.8. The maximum Gasteiger partial charge on any atom is 0.430 e. The van der Waals surface area contributed by atoms with Crippen LogP contribution in [-0.4, -0.2) is 81.4 Å². The van der Waals surface area contributed by atoms with E-state index in [2.05, 4.69) is 18.6 Å². The van der Waals surface area contributed by atoms with Crippen LogP contribution in [0, 0.1) is 39.4 Å². The summed E-state index contributed by atoms with van der Waals surface area (Å²) < 4.78 is 103. The molecule has 1 heterocycles. The number of alkyl halides is 6. The van der Waals surface area contributed by atoms with Crippen molar-refractivity contribution in [3.63, 3.8) is 0 Å². The fraction of sp³-hybridized carbons (Fsp3) is 0.906. The third-order valence-corrected chi connectivity index (χ3v) is 16.3. The Balaban J connectivity index is 0.000000322. The molecular formula is C53H88F6O11. The third kappa shape index (κ3) is 15.2. The molecule has 1 saturated heterocycles. The van der Waals surface area contributed by atoms with E-state index in [1.165, 1.54) is 59.3 Å². The lowest BCUT2D eigenvalue weighted by Crippen LogP contribution is -2.70. The zero-order valence-corrected chi connectivity index (χ0v) is 45.4. The average Bonchev–Trinajstić information content (AvgIpc) is 3.48. The second kappa shape index (κ2) is 22.6. The molecule has 0 radical (unpaired) electrons. The summed E-state index contributed by atoms with van der Waals surface area (Å²) in [7, 11) is 0. The van der Waals surface area contributed by atoms with Gasteiger partial charge in [0.05, 0.1) is 28.1 Å². The van der Waals surface area contributed by atoms with Gasteiger partial charge in [0, 0.05) is 0 Å². The minimum Gasteiger partial charge on any atom is -0.459 e. The van der Waals surface area contributed by atoms with Gasteiger partial charge in [-0.2, -0.15) is 26.3 Å². The number of aliphatic hydroxyl groups is 1. The van der Waals surface area contributed by atoms with Gasteiger partial charge < -0.3 is 28.8 Å². The Bertz CT molecular complexity index is 1760. The van der Waals surface area contributed by atoms with Gasteiger partial charge >= 0.3 is 42.2 Å². The lowest BCUT2D eigenvalue weighted by atomic mass is 9.54. The van der Waals surface area contributed by atoms with Crippen LogP contribution in [0.4, 0.5) is 26.3 Å². The molecule has 6 fully saturated rings. The number of cyclic esters (lactones) is 1. The van der Waals surface area contributed by atoms with E-state index in [1.807, 2.05) is 55.4 Å². The van der Waals surface area contributed by atoms with E-state index in [9.17, 15) is 55.4 Å². The summed E-state index contributed by atoms with van der Waals surface area (Å²) in [5.74, 6) is 0.680. The molecule has 6 aliphatic rings. The van der Waals surface area contributed by atoms with Crippen LogP contribution in [0.3, 0.4) is 0 Å². The molecule has 4 bridgehead atoms. The first-order valence-corrected chi connectivity index (χ1v) is 25.5. The number of carbonyl (C=O) groups excluding carboxylic acids is 5. The van der Waals surface area contributed by atoms with Crippen LogP contribution in [0.25, 0.3) is 0 Å². The van der Waals surface area contributed by atoms with Crippen molar-refractivity contribution in [3.05, 3.63) is 0 Å². The lowest BCUT2D eigenvalue weighted by Gasteiger charge is -2.56. The predicted molar refractivity (Wildman–Crippen MR) is 253 cm³/mol. The van der Waals surface area contributed by atoms with Crippen molar-refractivity contribution < 1.29 is 79.1 Å². The summed E-state index contributed by atoms with van der Waals surface area (Å²) in [6.07, 6.45) is 3.50. The van der Waals surface area contributed by atoms with Crippen molar-refractivity contribution in [2.45, 2.75) is 267 Å². The minimum atomic E-state index is -6.06. The number of esters is 5. The smallest absolute Gasteiger partial charge is 0.430 e. The van der Waals surface area contributed by atoms with Crippen LogP contribution in [0.1, 0.15) is 220 Å². The molecule has 5 aliphatic carbocycles. The van der Waals surface area contributed by atoms with Crippen LogP contribution in [0.2, 0.25) is 0 Å². The van der Waals surface area contributed by atoms with Crippen molar-refractivity contribution in [1.29, 1.82) is 0 Å². The summed E-state index contributed by atoms with van der Waals surface area (Å²) in [6.45, 7) is 28.1. The maximum atomic E-state index is 12.8. The Morgan fingerprint density at radius 1 is 0.586 bits per heavy atom. The number of halogens is 6. The molecule has 408 valence electrons. The van der Waals surface area contributed by atoms with Gasteiger partial charge in [0.1, 0.15) is 17.3 Å². The molecule has 0 aromatic rings. The SMILES string of the molecule is CCC(C)(C)C(=O)OC(C)(C)C(O)(C(F)(F)F)C(F)(F)F.CCC(C)(C)C(=O)OC1(C)CC(=O)OC1C.CCC(C)(C)C(=O)OC1(C)CCCCC1.CCC(C)(C)C(=O)OC12CC3CC(CC(C3)C1)C2. The molecule has 5 saturated carbocycles. The highest BCUT2D eigenvalue weighted by Gasteiger charge is 2.79. The topological polar surface area (TPSA) is 152 Å². The van der Waals surface area contributed by atoms with Gasteiger partial charge in [0.15, 0.2) is 11.2 Å². The van der Waals surface area contributed by atoms with E-state index < -0.39 is 46.0 Å². The van der Waals surface area contributed by atoms with Gasteiger partial charge in [0.2, 0.25) is 0 Å². The third-order valence-electron chi connectivity index (χ3n) is 16.3. The van der Waals surface area contributed by atoms with E-state index in [0.29, 0.717) is 20.3 Å². The molecule has 70 heavy (non-hydrogen) atoms. The molecule has 17 heteroatoms. The highest BCUT2D eigenvalue weighted by molar-refractivity contribution is 5.79. The van der Waals surface area contributed by atoms with Crippen LogP contribution >= 0.6 is 0 Å². The fourth-order valence-corrected chi connectivity index (χ4v) is 9.38. The Kier molecular flexibility index (Phi) is 20.3. The molecule has 1 aliphatic heterocycles. The summed E-state index contributed by atoms with van der Waals surface area (Å²) >= 11 is 0. The Morgan fingerprint density at radius 3 is 1.26 bits per heavy atom. The van der Waals surface area contributed by atoms with Crippen LogP contribution in [-0.2, 0) is 47.7 Å². The summed E-state index contributed by atoms with van der Waals surface area (Å²) in [6, 6.07) is 0. The van der Waals surface area contributed by atoms with Crippen LogP contribution in [0.15, 0.2) is 0 Å². The van der Waals surface area contributed by atoms with E-state index in [1.54, 1.807) is 13.8 Å². The molecule has 11 nitrogen and oxygen atoms in total. The first kappa shape index (κ1) is 63.0. The van der Waals surface area contributed by atoms with Gasteiger partial charge in [0.25, 0.3) is 5.60 Å². The van der Waals surface area contributed by atoms with Gasteiger partial charge in [-0.25, -0.2) is 0 Å². The normalized spacial score (nSPS) is 26.7. The van der Waals surface area contributed by atoms with Gasteiger partial charge in [-0.15, -0.1) is 0 Å². The number of ether oxygens (including phenoxy) is 5. The van der Waals surface area contributed by atoms with Crippen molar-refractivity contribution >= 4 is 29.8 Å². The first-order valence-electron chi connectivity index (χ1n) is 25.5. The average molecular weight is 1020 g/mol. The van der Waals surface area contributed by atoms with Crippen LogP contribution in [0.5, 0.6) is 0 Å². The Labute approximate surface area is 414 Å². The molecule has 1 N–H and O–H groups in total. The molecule has 0 aromatic heterocycles. The second-order valence-corrected chi connectivity index (χ2v) is 24.5. The fourth-order valence-electron chi connectivity index (χ4n) is 9.38. The number of carbonyl (C=O) groups is 5. The molecule has 2 atom stereocenters. The Hall–Kier alpha value is -3.11. The minimum absolute atomic E-state index is 0.0330. The molecule has 0 aromatic carbocycles. The van der Waals surface area contributed by atoms with E-state index in [4.69, 9.17) is 18.9 Å². The number of rotatable bonds is 13. The molecular weight excluding hydrogens is 927 g/mol. The predicted octanol–water partition coefficient (Wildman–Crippen LogP) is 13.3. The van der Waals surface area contributed by atoms with Crippen molar-refractivity contribution in [2.75, 3.05) is 0 Å². The highest BCUT2D eigenvalue weighted by Crippen LogP contribution is 2.58. The van der Waals surface area contributed by atoms with Crippen LogP contribution < -0.4 is 0 Å². The standard InChI is InChI=1S/C16H26O2.C13H24O2.C12H18F6O3.C12H20O4/c1-4-15(2,3)14(17)18-16-8-11-5-12(9-16)7-13(6-11)10-16;1-5-12(2,3)11(14)15-13(4)9-7-6-8-10-13;1-6-8(2,3)7(19)21-9(4,5)10(20,11(13,14)15)12(16,17)18;1-6-11(3,4)10(14)16-12(5)7-9(13)15-8(12)2/h11-13H,4-10H2,1-3H3;5-10H2,1-4H3;20H,6H2,1-5H3;8H,6-7H2,1-5H3. The van der Waals surface area contributed by atoms with E-state index in [-0.39, 0.29) is 64.9 Å². The van der Waals surface area contributed by atoms with Crippen molar-refractivity contribution in [2.24, 2.45) is 39.4 Å². The summed E-state index contributed by atoms with van der Waals surface area (Å²) in [5, 5.41) is 9.27. The molecule has 2 unspecified atom stereocenters. The van der Waals surface area contributed by atoms with Gasteiger partial charge in [-0.3, -0.25) is 24.0 Å². The summed E-state index contributed by atoms with van der Waals surface area (Å²) in [4.78, 5) is 59.1. The zero-order chi connectivity index (χ0) is 54.5. The Morgan fingerprint density at radius 2 is 0.929 bits per heavy atom. The van der Waals surface area contributed by atoms with Gasteiger partial charge in [-0.1, -0.05) is 34.1 Å². The highest BCUT2D eigenvalue weighted by atomic mass is 19.4. The quantitative estimate of drug-likeness (QED) is 0.107. The zero-order valence-electron chi connectivity index (χ0n) is 45.4. The van der Waals surface area contributed by atoms with Gasteiger partial charge in [-0.05, 0) is 198 Å². The van der Waals surface area contributed by atoms with E-state index in [0.717, 1.165) is 62.7 Å². The summed E-state index contributed by atoms with van der Waals surface area (Å²) in [5.41, 5.74) is -12.0. The first-order chi connectivity index (χ1) is 31.5. The number of hydrogen-bond acceptors (Lipinski definition) is 11. The molecule has 6 rings (SSSR count). The molecule has 0 spiro atoms. The number of hydrogen-bond donors (Lipinski definition) is 1. The monoisotopic (exact) mass is 1010 g/mol. The van der Waals surface area contributed by atoms with Crippen molar-refractivity contribution in [3.8, 4) is 0 Å². The lowest BCUT2D eigenvalue weighted by molar-refractivity contribution is -0.408. The van der Waals surface area contributed by atoms with Crippen molar-refractivity contribution in [1.82, 2.24) is 0 Å². The second-order valence-electron chi connectivity index (χ2n) is 24.5. The van der Waals surface area contributed by atoms with E-state index >= 15 is 0 Å².